The minimum atomic E-state index is -0.576. The molecule has 4 aromatic carbocycles. The smallest absolute Gasteiger partial charge is 0.343 e. The summed E-state index contributed by atoms with van der Waals surface area (Å²) in [6.07, 6.45) is 2.22. The molecule has 1 aromatic heterocycles. The van der Waals surface area contributed by atoms with Gasteiger partial charge in [0.2, 0.25) is 0 Å². The maximum Gasteiger partial charge on any atom is 0.343 e. The van der Waals surface area contributed by atoms with E-state index in [1.54, 1.807) is 48.5 Å². The van der Waals surface area contributed by atoms with Crippen LogP contribution in [0.5, 0.6) is 17.2 Å². The first kappa shape index (κ1) is 30.4. The van der Waals surface area contributed by atoms with Crippen molar-refractivity contribution in [2.24, 2.45) is 5.10 Å². The molecular formula is C35H32ClN3O5. The van der Waals surface area contributed by atoms with Gasteiger partial charge in [0, 0.05) is 32.6 Å². The third kappa shape index (κ3) is 6.45. The van der Waals surface area contributed by atoms with Crippen molar-refractivity contribution in [1.29, 1.82) is 0 Å². The molecule has 0 fully saturated rings. The monoisotopic (exact) mass is 609 g/mol. The van der Waals surface area contributed by atoms with Gasteiger partial charge in [0.25, 0.3) is 5.91 Å². The zero-order valence-electron chi connectivity index (χ0n) is 24.6. The quantitative estimate of drug-likeness (QED) is 0.0687. The molecule has 0 aliphatic rings. The van der Waals surface area contributed by atoms with Crippen molar-refractivity contribution in [1.82, 2.24) is 10.4 Å². The maximum atomic E-state index is 13.5. The number of fused-ring (bicyclic) bond motifs is 1. The fourth-order valence-corrected chi connectivity index (χ4v) is 5.15. The lowest BCUT2D eigenvalue weighted by Gasteiger charge is -2.12. The number of aryl methyl sites for hydroxylation is 1. The molecule has 5 rings (SSSR count). The topological polar surface area (TPSA) is 102 Å². The van der Waals surface area contributed by atoms with Crippen molar-refractivity contribution in [3.05, 3.63) is 112 Å². The van der Waals surface area contributed by atoms with E-state index in [9.17, 15) is 9.59 Å². The van der Waals surface area contributed by atoms with Gasteiger partial charge in [0.15, 0.2) is 11.5 Å². The summed E-state index contributed by atoms with van der Waals surface area (Å²) < 4.78 is 16.9. The van der Waals surface area contributed by atoms with Gasteiger partial charge in [0.1, 0.15) is 11.4 Å². The number of ether oxygens (including phenoxy) is 3. The van der Waals surface area contributed by atoms with Crippen LogP contribution in [0.4, 0.5) is 0 Å². The molecule has 0 aliphatic carbocycles. The van der Waals surface area contributed by atoms with Crippen LogP contribution in [-0.2, 0) is 6.42 Å². The highest BCUT2D eigenvalue weighted by Crippen LogP contribution is 2.38. The lowest BCUT2D eigenvalue weighted by atomic mass is 9.99. The average molecular weight is 610 g/mol. The predicted molar refractivity (Wildman–Crippen MR) is 173 cm³/mol. The Morgan fingerprint density at radius 3 is 2.39 bits per heavy atom. The second-order valence-corrected chi connectivity index (χ2v) is 10.1. The normalized spacial score (nSPS) is 11.1. The molecule has 5 aromatic rings. The molecule has 0 aliphatic heterocycles. The highest BCUT2D eigenvalue weighted by atomic mass is 35.5. The van der Waals surface area contributed by atoms with E-state index >= 15 is 0 Å². The number of nitrogens with zero attached hydrogens (tertiary/aromatic N) is 1. The van der Waals surface area contributed by atoms with E-state index in [0.29, 0.717) is 52.1 Å². The summed E-state index contributed by atoms with van der Waals surface area (Å²) in [6.45, 7) is 6.68. The highest BCUT2D eigenvalue weighted by Gasteiger charge is 2.22. The molecule has 8 nitrogen and oxygen atoms in total. The Morgan fingerprint density at radius 2 is 1.61 bits per heavy atom. The van der Waals surface area contributed by atoms with E-state index in [0.717, 1.165) is 28.5 Å². The molecular weight excluding hydrogens is 578 g/mol. The van der Waals surface area contributed by atoms with Crippen LogP contribution in [-0.4, -0.2) is 36.3 Å². The van der Waals surface area contributed by atoms with Crippen LogP contribution in [0.3, 0.4) is 0 Å². The van der Waals surface area contributed by atoms with Crippen LogP contribution in [0.25, 0.3) is 22.0 Å². The zero-order valence-corrected chi connectivity index (χ0v) is 25.4. The number of rotatable bonds is 11. The Balaban J connectivity index is 1.39. The van der Waals surface area contributed by atoms with Crippen molar-refractivity contribution >= 4 is 40.6 Å². The number of hydrogen-bond acceptors (Lipinski definition) is 6. The summed E-state index contributed by atoms with van der Waals surface area (Å²) >= 11 is 6.57. The Bertz CT molecular complexity index is 1850. The van der Waals surface area contributed by atoms with Gasteiger partial charge in [-0.2, -0.15) is 5.10 Å². The van der Waals surface area contributed by atoms with Crippen LogP contribution in [0.1, 0.15) is 52.7 Å². The standard InChI is InChI=1S/C35H32ClN3O5/c1-4-22-13-11-15-26-31(25-14-8-9-16-27(25)36)33(38-32(22)26)34(40)39-37-21-24-12-7-10-17-28(24)44-35(41)23-18-19-29(42-5-2)30(20-23)43-6-3/h7-21,38H,4-6H2,1-3H3,(H,39,40). The van der Waals surface area contributed by atoms with Crippen molar-refractivity contribution in [3.63, 3.8) is 0 Å². The van der Waals surface area contributed by atoms with Crippen molar-refractivity contribution in [2.45, 2.75) is 27.2 Å². The molecule has 2 N–H and O–H groups in total. The molecule has 1 heterocycles. The summed E-state index contributed by atoms with van der Waals surface area (Å²) in [5.41, 5.74) is 7.13. The van der Waals surface area contributed by atoms with Gasteiger partial charge in [-0.25, -0.2) is 10.2 Å². The Kier molecular flexibility index (Phi) is 9.62. The molecule has 0 bridgehead atoms. The first-order valence-electron chi connectivity index (χ1n) is 14.4. The van der Waals surface area contributed by atoms with E-state index in [1.807, 2.05) is 50.2 Å². The fourth-order valence-electron chi connectivity index (χ4n) is 4.92. The molecule has 44 heavy (non-hydrogen) atoms. The molecule has 0 radical (unpaired) electrons. The third-order valence-corrected chi connectivity index (χ3v) is 7.27. The summed E-state index contributed by atoms with van der Waals surface area (Å²) in [5.74, 6) is 0.264. The maximum absolute atomic E-state index is 13.5. The zero-order chi connectivity index (χ0) is 31.1. The second-order valence-electron chi connectivity index (χ2n) is 9.70. The Morgan fingerprint density at radius 1 is 0.864 bits per heavy atom. The number of hydrazone groups is 1. The molecule has 0 saturated heterocycles. The van der Waals surface area contributed by atoms with E-state index in [1.165, 1.54) is 6.21 Å². The van der Waals surface area contributed by atoms with Gasteiger partial charge < -0.3 is 19.2 Å². The first-order chi connectivity index (χ1) is 21.4. The molecule has 224 valence electrons. The Labute approximate surface area is 260 Å². The number of esters is 1. The van der Waals surface area contributed by atoms with E-state index in [2.05, 4.69) is 22.4 Å². The van der Waals surface area contributed by atoms with E-state index in [4.69, 9.17) is 25.8 Å². The number of aromatic amines is 1. The number of halogens is 1. The number of carbonyl (C=O) groups is 2. The van der Waals surface area contributed by atoms with Gasteiger partial charge >= 0.3 is 5.97 Å². The minimum absolute atomic E-state index is 0.275. The van der Waals surface area contributed by atoms with Gasteiger partial charge in [-0.1, -0.05) is 67.1 Å². The summed E-state index contributed by atoms with van der Waals surface area (Å²) in [4.78, 5) is 29.9. The molecule has 0 unspecified atom stereocenters. The predicted octanol–water partition coefficient (Wildman–Crippen LogP) is 7.83. The van der Waals surface area contributed by atoms with Crippen molar-refractivity contribution in [2.75, 3.05) is 13.2 Å². The number of amides is 1. The summed E-state index contributed by atoms with van der Waals surface area (Å²) in [6, 6.07) is 25.2. The number of benzene rings is 4. The van der Waals surface area contributed by atoms with Gasteiger partial charge in [-0.05, 0) is 62.2 Å². The van der Waals surface area contributed by atoms with Crippen LogP contribution in [0, 0.1) is 0 Å². The molecule has 9 heteroatoms. The summed E-state index contributed by atoms with van der Waals surface area (Å²) in [7, 11) is 0. The van der Waals surface area contributed by atoms with E-state index in [-0.39, 0.29) is 5.75 Å². The number of hydrogen-bond donors (Lipinski definition) is 2. The lowest BCUT2D eigenvalue weighted by Crippen LogP contribution is -2.19. The average Bonchev–Trinajstić information content (AvgIpc) is 3.43. The molecule has 1 amide bonds. The molecule has 0 spiro atoms. The first-order valence-corrected chi connectivity index (χ1v) is 14.8. The number of carbonyl (C=O) groups excluding carboxylic acids is 2. The fraction of sp³-hybridized carbons (Fsp3) is 0.171. The van der Waals surface area contributed by atoms with Crippen molar-refractivity contribution < 1.29 is 23.8 Å². The lowest BCUT2D eigenvalue weighted by molar-refractivity contribution is 0.0733. The third-order valence-electron chi connectivity index (χ3n) is 6.94. The molecule has 0 atom stereocenters. The highest BCUT2D eigenvalue weighted by molar-refractivity contribution is 6.34. The second kappa shape index (κ2) is 13.9. The number of aromatic nitrogens is 1. The SMILES string of the molecule is CCOc1ccc(C(=O)Oc2ccccc2C=NNC(=O)c2[nH]c3c(CC)cccc3c2-c2ccccc2Cl)cc1OCC. The summed E-state index contributed by atoms with van der Waals surface area (Å²) in [5, 5.41) is 5.62. The number of H-pyrrole nitrogens is 1. The number of nitrogens with one attached hydrogen (secondary N) is 2. The van der Waals surface area contributed by atoms with Crippen LogP contribution >= 0.6 is 11.6 Å². The molecule has 0 saturated carbocycles. The number of para-hydroxylation sites is 2. The minimum Gasteiger partial charge on any atom is -0.490 e. The van der Waals surface area contributed by atoms with Gasteiger partial charge in [-0.15, -0.1) is 0 Å². The largest absolute Gasteiger partial charge is 0.490 e. The van der Waals surface area contributed by atoms with Gasteiger partial charge in [-0.3, -0.25) is 4.79 Å². The van der Waals surface area contributed by atoms with Crippen LogP contribution < -0.4 is 19.6 Å². The van der Waals surface area contributed by atoms with Crippen LogP contribution in [0.15, 0.2) is 90.0 Å². The van der Waals surface area contributed by atoms with E-state index < -0.39 is 11.9 Å². The van der Waals surface area contributed by atoms with Crippen molar-refractivity contribution in [3.8, 4) is 28.4 Å². The van der Waals surface area contributed by atoms with Gasteiger partial charge in [0.05, 0.1) is 25.0 Å². The Hall–Kier alpha value is -5.08. The van der Waals surface area contributed by atoms with Crippen LogP contribution in [0.2, 0.25) is 5.02 Å².